The molecule has 0 radical (unpaired) electrons. The number of nitrogens with zero attached hydrogens (tertiary/aromatic N) is 1. The van der Waals surface area contributed by atoms with Gasteiger partial charge in [-0.15, -0.1) is 0 Å². The van der Waals surface area contributed by atoms with Crippen LogP contribution in [0.4, 0.5) is 0 Å². The van der Waals surface area contributed by atoms with E-state index in [-0.39, 0.29) is 29.8 Å². The average Bonchev–Trinajstić information content (AvgIpc) is 3.47. The van der Waals surface area contributed by atoms with Gasteiger partial charge in [-0.25, -0.2) is 13.1 Å². The first-order valence-electron chi connectivity index (χ1n) is 9.27. The van der Waals surface area contributed by atoms with Crippen LogP contribution >= 0.6 is 0 Å². The molecule has 3 rings (SSSR count). The highest BCUT2D eigenvalue weighted by Crippen LogP contribution is 2.29. The third kappa shape index (κ3) is 5.17. The van der Waals surface area contributed by atoms with E-state index in [0.29, 0.717) is 12.1 Å². The maximum absolute atomic E-state index is 12.7. The van der Waals surface area contributed by atoms with Crippen molar-refractivity contribution in [3.05, 3.63) is 65.2 Å². The number of carbonyl (C=O) groups excluding carboxylic acids is 1. The van der Waals surface area contributed by atoms with Gasteiger partial charge < -0.3 is 4.90 Å². The summed E-state index contributed by atoms with van der Waals surface area (Å²) in [7, 11) is -3.62. The van der Waals surface area contributed by atoms with E-state index in [1.807, 2.05) is 48.2 Å². The molecule has 6 heteroatoms. The Hall–Kier alpha value is -2.18. The number of rotatable bonds is 8. The van der Waals surface area contributed by atoms with Gasteiger partial charge in [0.25, 0.3) is 0 Å². The molecule has 1 amide bonds. The third-order valence-electron chi connectivity index (χ3n) is 4.77. The molecule has 1 fully saturated rings. The largest absolute Gasteiger partial charge is 0.335 e. The van der Waals surface area contributed by atoms with Crippen molar-refractivity contribution in [2.75, 3.05) is 6.54 Å². The van der Waals surface area contributed by atoms with Gasteiger partial charge in [-0.1, -0.05) is 42.5 Å². The van der Waals surface area contributed by atoms with Crippen LogP contribution in [0.3, 0.4) is 0 Å². The molecule has 0 spiro atoms. The molecule has 1 saturated carbocycles. The lowest BCUT2D eigenvalue weighted by atomic mass is 10.2. The minimum atomic E-state index is -3.62. The van der Waals surface area contributed by atoms with Crippen LogP contribution in [0.15, 0.2) is 53.4 Å². The maximum atomic E-state index is 12.7. The van der Waals surface area contributed by atoms with Crippen LogP contribution in [0.1, 0.15) is 36.0 Å². The van der Waals surface area contributed by atoms with E-state index in [0.717, 1.165) is 24.0 Å². The summed E-state index contributed by atoms with van der Waals surface area (Å²) in [4.78, 5) is 14.8. The van der Waals surface area contributed by atoms with Crippen molar-refractivity contribution in [1.82, 2.24) is 9.62 Å². The van der Waals surface area contributed by atoms with Crippen molar-refractivity contribution >= 4 is 15.9 Å². The standard InChI is InChI=1S/C21H26N2O3S/c1-16-8-9-17(2)20(14-16)27(25,26)22-13-12-21(24)23(19-10-11-19)15-18-6-4-3-5-7-18/h3-9,14,19,22H,10-13,15H2,1-2H3. The molecule has 144 valence electrons. The number of hydrogen-bond acceptors (Lipinski definition) is 3. The van der Waals surface area contributed by atoms with E-state index >= 15 is 0 Å². The molecule has 2 aromatic carbocycles. The minimum Gasteiger partial charge on any atom is -0.335 e. The molecule has 1 aliphatic carbocycles. The second-order valence-corrected chi connectivity index (χ2v) is 8.89. The Balaban J connectivity index is 1.60. The third-order valence-corrected chi connectivity index (χ3v) is 6.37. The number of hydrogen-bond donors (Lipinski definition) is 1. The van der Waals surface area contributed by atoms with Gasteiger partial charge in [-0.05, 0) is 49.4 Å². The van der Waals surface area contributed by atoms with Crippen LogP contribution < -0.4 is 4.72 Å². The molecular weight excluding hydrogens is 360 g/mol. The van der Waals surface area contributed by atoms with Gasteiger partial charge in [0.1, 0.15) is 0 Å². The minimum absolute atomic E-state index is 0.00924. The second-order valence-electron chi connectivity index (χ2n) is 7.16. The first kappa shape index (κ1) is 19.6. The molecule has 5 nitrogen and oxygen atoms in total. The summed E-state index contributed by atoms with van der Waals surface area (Å²) in [6.45, 7) is 4.31. The number of benzene rings is 2. The van der Waals surface area contributed by atoms with Gasteiger partial charge >= 0.3 is 0 Å². The lowest BCUT2D eigenvalue weighted by molar-refractivity contribution is -0.132. The highest BCUT2D eigenvalue weighted by Gasteiger charge is 2.32. The SMILES string of the molecule is Cc1ccc(C)c(S(=O)(=O)NCCC(=O)N(Cc2ccccc2)C2CC2)c1. The highest BCUT2D eigenvalue weighted by molar-refractivity contribution is 7.89. The first-order valence-corrected chi connectivity index (χ1v) is 10.8. The van der Waals surface area contributed by atoms with E-state index in [1.54, 1.807) is 19.1 Å². The Labute approximate surface area is 161 Å². The molecule has 1 N–H and O–H groups in total. The summed E-state index contributed by atoms with van der Waals surface area (Å²) < 4.78 is 27.7. The van der Waals surface area contributed by atoms with E-state index < -0.39 is 10.0 Å². The molecule has 0 aromatic heterocycles. The zero-order valence-electron chi connectivity index (χ0n) is 15.8. The average molecular weight is 387 g/mol. The smallest absolute Gasteiger partial charge is 0.240 e. The summed E-state index contributed by atoms with van der Waals surface area (Å²) in [5.74, 6) is -0.00924. The van der Waals surface area contributed by atoms with Gasteiger partial charge in [0.2, 0.25) is 15.9 Å². The topological polar surface area (TPSA) is 66.5 Å². The zero-order valence-corrected chi connectivity index (χ0v) is 16.6. The lowest BCUT2D eigenvalue weighted by Crippen LogP contribution is -2.35. The lowest BCUT2D eigenvalue weighted by Gasteiger charge is -2.23. The van der Waals surface area contributed by atoms with E-state index in [1.165, 1.54) is 0 Å². The molecular formula is C21H26N2O3S. The van der Waals surface area contributed by atoms with Crippen LogP contribution in [0.25, 0.3) is 0 Å². The number of amides is 1. The van der Waals surface area contributed by atoms with Crippen LogP contribution in [0.5, 0.6) is 0 Å². The summed E-state index contributed by atoms with van der Waals surface area (Å²) in [6.07, 6.45) is 2.20. The van der Waals surface area contributed by atoms with Crippen LogP contribution in [-0.2, 0) is 21.4 Å². The molecule has 1 aliphatic rings. The molecule has 0 unspecified atom stereocenters. The molecule has 0 atom stereocenters. The fourth-order valence-corrected chi connectivity index (χ4v) is 4.46. The number of carbonyl (C=O) groups is 1. The van der Waals surface area contributed by atoms with Gasteiger partial charge in [0.15, 0.2) is 0 Å². The quantitative estimate of drug-likeness (QED) is 0.758. The maximum Gasteiger partial charge on any atom is 0.240 e. The van der Waals surface area contributed by atoms with E-state index in [4.69, 9.17) is 0 Å². The normalized spacial score (nSPS) is 14.1. The Morgan fingerprint density at radius 3 is 2.48 bits per heavy atom. The highest BCUT2D eigenvalue weighted by atomic mass is 32.2. The fraction of sp³-hybridized carbons (Fsp3) is 0.381. The van der Waals surface area contributed by atoms with Crippen LogP contribution in [0.2, 0.25) is 0 Å². The van der Waals surface area contributed by atoms with Crippen molar-refractivity contribution in [3.8, 4) is 0 Å². The summed E-state index contributed by atoms with van der Waals surface area (Å²) >= 11 is 0. The Morgan fingerprint density at radius 1 is 1.11 bits per heavy atom. The van der Waals surface area contributed by atoms with Crippen LogP contribution in [-0.4, -0.2) is 31.8 Å². The number of sulfonamides is 1. The predicted molar refractivity (Wildman–Crippen MR) is 106 cm³/mol. The molecule has 0 saturated heterocycles. The van der Waals surface area contributed by atoms with Crippen molar-refractivity contribution < 1.29 is 13.2 Å². The van der Waals surface area contributed by atoms with E-state index in [2.05, 4.69) is 4.72 Å². The van der Waals surface area contributed by atoms with E-state index in [9.17, 15) is 13.2 Å². The molecule has 0 heterocycles. The molecule has 0 bridgehead atoms. The number of aryl methyl sites for hydroxylation is 2. The first-order chi connectivity index (χ1) is 12.9. The summed E-state index contributed by atoms with van der Waals surface area (Å²) in [5, 5.41) is 0. The van der Waals surface area contributed by atoms with Crippen molar-refractivity contribution in [3.63, 3.8) is 0 Å². The predicted octanol–water partition coefficient (Wildman–Crippen LogP) is 3.16. The Bertz CT molecular complexity index is 906. The Morgan fingerprint density at radius 2 is 1.81 bits per heavy atom. The molecule has 27 heavy (non-hydrogen) atoms. The summed E-state index contributed by atoms with van der Waals surface area (Å²) in [6, 6.07) is 15.5. The monoisotopic (exact) mass is 386 g/mol. The van der Waals surface area contributed by atoms with Gasteiger partial charge in [-0.2, -0.15) is 0 Å². The van der Waals surface area contributed by atoms with Gasteiger partial charge in [0, 0.05) is 25.6 Å². The molecule has 0 aliphatic heterocycles. The van der Waals surface area contributed by atoms with Crippen LogP contribution in [0, 0.1) is 13.8 Å². The summed E-state index contributed by atoms with van der Waals surface area (Å²) in [5.41, 5.74) is 2.68. The van der Waals surface area contributed by atoms with Gasteiger partial charge in [-0.3, -0.25) is 4.79 Å². The number of nitrogens with one attached hydrogen (secondary N) is 1. The second kappa shape index (κ2) is 8.23. The van der Waals surface area contributed by atoms with Gasteiger partial charge in [0.05, 0.1) is 4.90 Å². The molecule has 2 aromatic rings. The zero-order chi connectivity index (χ0) is 19.4. The Kier molecular flexibility index (Phi) is 5.97. The van der Waals surface area contributed by atoms with Crippen molar-refractivity contribution in [1.29, 1.82) is 0 Å². The van der Waals surface area contributed by atoms with Crippen molar-refractivity contribution in [2.24, 2.45) is 0 Å². The fourth-order valence-electron chi connectivity index (χ4n) is 3.10. The van der Waals surface area contributed by atoms with Crippen molar-refractivity contribution in [2.45, 2.75) is 50.6 Å².